The standard InChI is InChI=1S/C20H17N3O3/c24-19(11-13-23-12-10-15-6-4-5-9-17(15)23)25-14-18-21-22-20(26-18)16-7-2-1-3-8-16/h1-10,12H,11,13-14H2. The third-order valence-electron chi connectivity index (χ3n) is 4.08. The van der Waals surface area contributed by atoms with E-state index in [0.29, 0.717) is 12.4 Å². The molecule has 130 valence electrons. The van der Waals surface area contributed by atoms with Gasteiger partial charge < -0.3 is 13.7 Å². The van der Waals surface area contributed by atoms with Crippen molar-refractivity contribution in [3.8, 4) is 11.5 Å². The van der Waals surface area contributed by atoms with Gasteiger partial charge in [-0.3, -0.25) is 4.79 Å². The van der Waals surface area contributed by atoms with E-state index in [0.717, 1.165) is 16.5 Å². The first-order chi connectivity index (χ1) is 12.8. The molecule has 0 aliphatic rings. The zero-order valence-electron chi connectivity index (χ0n) is 14.0. The Balaban J connectivity index is 1.31. The molecule has 6 heteroatoms. The number of carbonyl (C=O) groups is 1. The van der Waals surface area contributed by atoms with Crippen LogP contribution in [0.5, 0.6) is 0 Å². The molecule has 6 nitrogen and oxygen atoms in total. The van der Waals surface area contributed by atoms with Crippen LogP contribution in [0.4, 0.5) is 0 Å². The summed E-state index contributed by atoms with van der Waals surface area (Å²) in [5.41, 5.74) is 1.93. The van der Waals surface area contributed by atoms with Crippen molar-refractivity contribution >= 4 is 16.9 Å². The van der Waals surface area contributed by atoms with Crippen LogP contribution in [0.1, 0.15) is 12.3 Å². The van der Waals surface area contributed by atoms with E-state index < -0.39 is 0 Å². The molecule has 0 atom stereocenters. The number of hydrogen-bond acceptors (Lipinski definition) is 5. The Hall–Kier alpha value is -3.41. The molecule has 2 heterocycles. The predicted octanol–water partition coefficient (Wildman–Crippen LogP) is 3.82. The van der Waals surface area contributed by atoms with Crippen LogP contribution in [-0.4, -0.2) is 20.7 Å². The maximum Gasteiger partial charge on any atom is 0.308 e. The molecule has 0 aliphatic carbocycles. The van der Waals surface area contributed by atoms with E-state index in [-0.39, 0.29) is 24.9 Å². The lowest BCUT2D eigenvalue weighted by atomic mass is 10.2. The number of aromatic nitrogens is 3. The number of benzene rings is 2. The Morgan fingerprint density at radius 2 is 1.81 bits per heavy atom. The van der Waals surface area contributed by atoms with Crippen molar-refractivity contribution in [2.75, 3.05) is 0 Å². The molecule has 0 bridgehead atoms. The number of carbonyl (C=O) groups excluding carboxylic acids is 1. The smallest absolute Gasteiger partial charge is 0.308 e. The summed E-state index contributed by atoms with van der Waals surface area (Å²) in [4.78, 5) is 12.0. The van der Waals surface area contributed by atoms with Gasteiger partial charge in [-0.05, 0) is 29.7 Å². The average Bonchev–Trinajstić information content (AvgIpc) is 3.33. The molecule has 2 aromatic heterocycles. The molecule has 26 heavy (non-hydrogen) atoms. The number of rotatable bonds is 6. The number of aryl methyl sites for hydroxylation is 1. The summed E-state index contributed by atoms with van der Waals surface area (Å²) in [6.45, 7) is 0.538. The van der Waals surface area contributed by atoms with E-state index in [2.05, 4.69) is 10.2 Å². The fourth-order valence-electron chi connectivity index (χ4n) is 2.77. The van der Waals surface area contributed by atoms with Crippen LogP contribution < -0.4 is 0 Å². The first-order valence-corrected chi connectivity index (χ1v) is 8.37. The molecular weight excluding hydrogens is 330 g/mol. The van der Waals surface area contributed by atoms with Gasteiger partial charge in [-0.25, -0.2) is 0 Å². The maximum absolute atomic E-state index is 12.0. The van der Waals surface area contributed by atoms with Crippen LogP contribution in [0.25, 0.3) is 22.4 Å². The summed E-state index contributed by atoms with van der Waals surface area (Å²) >= 11 is 0. The molecule has 4 aromatic rings. The van der Waals surface area contributed by atoms with E-state index in [1.54, 1.807) is 0 Å². The number of ether oxygens (including phenoxy) is 1. The molecule has 0 spiro atoms. The van der Waals surface area contributed by atoms with Gasteiger partial charge in [-0.2, -0.15) is 0 Å². The molecule has 0 unspecified atom stereocenters. The van der Waals surface area contributed by atoms with Crippen molar-refractivity contribution in [2.24, 2.45) is 0 Å². The van der Waals surface area contributed by atoms with E-state index in [9.17, 15) is 4.79 Å². The minimum Gasteiger partial charge on any atom is -0.456 e. The molecule has 0 saturated heterocycles. The lowest BCUT2D eigenvalue weighted by Gasteiger charge is -2.05. The topological polar surface area (TPSA) is 70.2 Å². The SMILES string of the molecule is O=C(CCn1ccc2ccccc21)OCc1nnc(-c2ccccc2)o1. The van der Waals surface area contributed by atoms with E-state index in [4.69, 9.17) is 9.15 Å². The Kier molecular flexibility index (Phi) is 4.47. The average molecular weight is 347 g/mol. The third-order valence-corrected chi connectivity index (χ3v) is 4.08. The Bertz CT molecular complexity index is 1020. The van der Waals surface area contributed by atoms with Gasteiger partial charge in [0.15, 0.2) is 6.61 Å². The summed E-state index contributed by atoms with van der Waals surface area (Å²) < 4.78 is 12.8. The van der Waals surface area contributed by atoms with Gasteiger partial charge in [0.25, 0.3) is 5.89 Å². The summed E-state index contributed by atoms with van der Waals surface area (Å²) in [6, 6.07) is 19.5. The fourth-order valence-corrected chi connectivity index (χ4v) is 2.77. The lowest BCUT2D eigenvalue weighted by Crippen LogP contribution is -2.09. The molecule has 4 rings (SSSR count). The first kappa shape index (κ1) is 16.1. The van der Waals surface area contributed by atoms with Gasteiger partial charge >= 0.3 is 5.97 Å². The molecule has 0 fully saturated rings. The van der Waals surface area contributed by atoms with Gasteiger partial charge in [-0.15, -0.1) is 10.2 Å². The molecule has 0 radical (unpaired) electrons. The predicted molar refractivity (Wildman–Crippen MR) is 96.1 cm³/mol. The van der Waals surface area contributed by atoms with Crippen molar-refractivity contribution in [1.29, 1.82) is 0 Å². The lowest BCUT2D eigenvalue weighted by molar-refractivity contribution is -0.145. The van der Waals surface area contributed by atoms with Crippen molar-refractivity contribution in [3.05, 3.63) is 72.8 Å². The molecule has 0 saturated carbocycles. The maximum atomic E-state index is 12.0. The van der Waals surface area contributed by atoms with Crippen LogP contribution in [0.2, 0.25) is 0 Å². The second-order valence-electron chi connectivity index (χ2n) is 5.85. The Morgan fingerprint density at radius 1 is 1.00 bits per heavy atom. The molecule has 0 amide bonds. The molecule has 0 aliphatic heterocycles. The van der Waals surface area contributed by atoms with Gasteiger partial charge in [0.2, 0.25) is 5.89 Å². The van der Waals surface area contributed by atoms with Crippen molar-refractivity contribution in [3.63, 3.8) is 0 Å². The molecule has 0 N–H and O–H groups in total. The normalized spacial score (nSPS) is 10.9. The van der Waals surface area contributed by atoms with E-state index in [1.165, 1.54) is 0 Å². The van der Waals surface area contributed by atoms with Crippen molar-refractivity contribution in [1.82, 2.24) is 14.8 Å². The second kappa shape index (κ2) is 7.23. The van der Waals surface area contributed by atoms with E-state index >= 15 is 0 Å². The van der Waals surface area contributed by atoms with Gasteiger partial charge in [-0.1, -0.05) is 36.4 Å². The van der Waals surface area contributed by atoms with Crippen LogP contribution in [-0.2, 0) is 22.7 Å². The van der Waals surface area contributed by atoms with Crippen LogP contribution in [0.15, 0.2) is 71.3 Å². The number of esters is 1. The largest absolute Gasteiger partial charge is 0.456 e. The van der Waals surface area contributed by atoms with Gasteiger partial charge in [0.1, 0.15) is 0 Å². The highest BCUT2D eigenvalue weighted by Crippen LogP contribution is 2.18. The second-order valence-corrected chi connectivity index (χ2v) is 5.85. The molecular formula is C20H17N3O3. The highest BCUT2D eigenvalue weighted by atomic mass is 16.5. The van der Waals surface area contributed by atoms with Crippen LogP contribution >= 0.6 is 0 Å². The summed E-state index contributed by atoms with van der Waals surface area (Å²) in [6.07, 6.45) is 2.25. The van der Waals surface area contributed by atoms with Gasteiger partial charge in [0, 0.05) is 23.8 Å². The first-order valence-electron chi connectivity index (χ1n) is 8.37. The zero-order valence-corrected chi connectivity index (χ0v) is 14.0. The van der Waals surface area contributed by atoms with Crippen molar-refractivity contribution in [2.45, 2.75) is 19.6 Å². The number of para-hydroxylation sites is 1. The van der Waals surface area contributed by atoms with Crippen LogP contribution in [0.3, 0.4) is 0 Å². The minimum atomic E-state index is -0.303. The number of nitrogens with zero attached hydrogens (tertiary/aromatic N) is 3. The zero-order chi connectivity index (χ0) is 17.8. The number of fused-ring (bicyclic) bond motifs is 1. The fraction of sp³-hybridized carbons (Fsp3) is 0.150. The minimum absolute atomic E-state index is 0.0227. The highest BCUT2D eigenvalue weighted by Gasteiger charge is 2.11. The third kappa shape index (κ3) is 3.49. The van der Waals surface area contributed by atoms with Crippen LogP contribution in [0, 0.1) is 0 Å². The van der Waals surface area contributed by atoms with E-state index in [1.807, 2.05) is 71.4 Å². The van der Waals surface area contributed by atoms with Gasteiger partial charge in [0.05, 0.1) is 6.42 Å². The van der Waals surface area contributed by atoms with Crippen molar-refractivity contribution < 1.29 is 13.9 Å². The Labute approximate surface area is 150 Å². The number of hydrogen-bond donors (Lipinski definition) is 0. The summed E-state index contributed by atoms with van der Waals surface area (Å²) in [5.74, 6) is 0.390. The highest BCUT2D eigenvalue weighted by molar-refractivity contribution is 5.80. The molecule has 2 aromatic carbocycles. The summed E-state index contributed by atoms with van der Waals surface area (Å²) in [7, 11) is 0. The quantitative estimate of drug-likeness (QED) is 0.496. The summed E-state index contributed by atoms with van der Waals surface area (Å²) in [5, 5.41) is 9.04. The Morgan fingerprint density at radius 3 is 2.69 bits per heavy atom. The monoisotopic (exact) mass is 347 g/mol.